The molecule has 0 radical (unpaired) electrons. The molecule has 4 heteroatoms. The number of fused-ring (bicyclic) bond motifs is 12. The van der Waals surface area contributed by atoms with E-state index in [4.69, 9.17) is 19.1 Å². The highest BCUT2D eigenvalue weighted by atomic mass is 16.5. The Morgan fingerprint density at radius 2 is 1.12 bits per heavy atom. The predicted molar refractivity (Wildman–Crippen MR) is 208 cm³/mol. The van der Waals surface area contributed by atoms with Crippen molar-refractivity contribution < 1.29 is 9.15 Å². The van der Waals surface area contributed by atoms with E-state index in [9.17, 15) is 0 Å². The topological polar surface area (TPSA) is 48.2 Å². The Morgan fingerprint density at radius 3 is 1.92 bits per heavy atom. The monoisotopic (exact) mass is 666 g/mol. The highest BCUT2D eigenvalue weighted by Crippen LogP contribution is 2.63. The van der Waals surface area contributed by atoms with Gasteiger partial charge < -0.3 is 9.15 Å². The van der Waals surface area contributed by atoms with Crippen molar-refractivity contribution in [1.82, 2.24) is 9.97 Å². The summed E-state index contributed by atoms with van der Waals surface area (Å²) >= 11 is 0. The number of aromatic nitrogens is 2. The summed E-state index contributed by atoms with van der Waals surface area (Å²) in [6, 6.07) is 57.6. The number of ether oxygens (including phenoxy) is 1. The van der Waals surface area contributed by atoms with E-state index in [0.29, 0.717) is 5.82 Å². The molecule has 9 aromatic rings. The highest BCUT2D eigenvalue weighted by Gasteiger charge is 2.51. The summed E-state index contributed by atoms with van der Waals surface area (Å²) in [5, 5.41) is 2.14. The molecule has 7 aromatic carbocycles. The molecule has 1 spiro atoms. The Labute approximate surface area is 300 Å². The van der Waals surface area contributed by atoms with Crippen LogP contribution in [0.25, 0.3) is 67.0 Å². The van der Waals surface area contributed by atoms with Gasteiger partial charge in [-0.3, -0.25) is 0 Å². The molecule has 1 aliphatic carbocycles. The van der Waals surface area contributed by atoms with Gasteiger partial charge in [-0.05, 0) is 65.1 Å². The van der Waals surface area contributed by atoms with Crippen LogP contribution in [-0.4, -0.2) is 9.97 Å². The van der Waals surface area contributed by atoms with Crippen molar-refractivity contribution in [3.05, 3.63) is 192 Å². The van der Waals surface area contributed by atoms with Gasteiger partial charge in [-0.2, -0.15) is 0 Å². The van der Waals surface area contributed by atoms with Crippen molar-refractivity contribution in [2.75, 3.05) is 0 Å². The lowest BCUT2D eigenvalue weighted by molar-refractivity contribution is 0.436. The first kappa shape index (κ1) is 29.0. The Balaban J connectivity index is 1.21. The summed E-state index contributed by atoms with van der Waals surface area (Å²) < 4.78 is 13.2. The third kappa shape index (κ3) is 3.97. The van der Waals surface area contributed by atoms with Gasteiger partial charge in [0.05, 0.1) is 22.4 Å². The molecule has 11 rings (SSSR count). The molecule has 52 heavy (non-hydrogen) atoms. The van der Waals surface area contributed by atoms with Crippen LogP contribution < -0.4 is 4.74 Å². The van der Waals surface area contributed by atoms with Crippen LogP contribution >= 0.6 is 0 Å². The van der Waals surface area contributed by atoms with E-state index in [1.807, 2.05) is 6.07 Å². The highest BCUT2D eigenvalue weighted by molar-refractivity contribution is 6.09. The Morgan fingerprint density at radius 1 is 0.481 bits per heavy atom. The smallest absolute Gasteiger partial charge is 0.164 e. The van der Waals surface area contributed by atoms with Crippen molar-refractivity contribution in [3.63, 3.8) is 0 Å². The summed E-state index contributed by atoms with van der Waals surface area (Å²) in [5.41, 5.74) is 14.0. The van der Waals surface area contributed by atoms with Crippen LogP contribution in [0, 0.1) is 6.92 Å². The van der Waals surface area contributed by atoms with Gasteiger partial charge in [0.25, 0.3) is 0 Å². The lowest BCUT2D eigenvalue weighted by Gasteiger charge is -2.39. The molecule has 0 bridgehead atoms. The molecule has 2 aliphatic rings. The van der Waals surface area contributed by atoms with E-state index in [0.717, 1.165) is 78.2 Å². The van der Waals surface area contributed by atoms with Crippen LogP contribution in [0.15, 0.2) is 168 Å². The van der Waals surface area contributed by atoms with E-state index < -0.39 is 5.41 Å². The average molecular weight is 667 g/mol. The second kappa shape index (κ2) is 10.9. The lowest BCUT2D eigenvalue weighted by atomic mass is 9.66. The van der Waals surface area contributed by atoms with E-state index in [1.165, 1.54) is 22.3 Å². The van der Waals surface area contributed by atoms with Gasteiger partial charge in [-0.15, -0.1) is 0 Å². The minimum absolute atomic E-state index is 0.566. The average Bonchev–Trinajstić information content (AvgIpc) is 3.72. The molecule has 0 saturated carbocycles. The molecule has 1 aliphatic heterocycles. The third-order valence-electron chi connectivity index (χ3n) is 10.8. The summed E-state index contributed by atoms with van der Waals surface area (Å²) in [6.45, 7) is 2.09. The third-order valence-corrected chi connectivity index (χ3v) is 10.8. The SMILES string of the molecule is Cc1ccc2c(c1)oc1c(-c3nc(-c4ccccc4)cc(-c4cccc5c4-c4ccccc4C54c5ccccc5Oc5ccccc54)n3)cccc12. The Bertz CT molecular complexity index is 2860. The first-order chi connectivity index (χ1) is 25.7. The van der Waals surface area contributed by atoms with Crippen molar-refractivity contribution >= 4 is 21.9 Å². The number of rotatable bonds is 3. The van der Waals surface area contributed by atoms with E-state index >= 15 is 0 Å². The van der Waals surface area contributed by atoms with Crippen molar-refractivity contribution in [3.8, 4) is 56.5 Å². The number of aryl methyl sites for hydroxylation is 1. The maximum Gasteiger partial charge on any atom is 0.164 e. The molecule has 4 nitrogen and oxygen atoms in total. The maximum atomic E-state index is 6.58. The Kier molecular flexibility index (Phi) is 6.06. The van der Waals surface area contributed by atoms with Crippen molar-refractivity contribution in [1.29, 1.82) is 0 Å². The number of para-hydroxylation sites is 3. The van der Waals surface area contributed by atoms with E-state index in [2.05, 4.69) is 165 Å². The number of benzene rings is 7. The minimum Gasteiger partial charge on any atom is -0.457 e. The van der Waals surface area contributed by atoms with Crippen LogP contribution in [0.1, 0.15) is 27.8 Å². The number of hydrogen-bond acceptors (Lipinski definition) is 4. The molecule has 244 valence electrons. The Hall–Kier alpha value is -6.78. The van der Waals surface area contributed by atoms with E-state index in [-0.39, 0.29) is 0 Å². The molecule has 0 amide bonds. The zero-order valence-corrected chi connectivity index (χ0v) is 28.3. The first-order valence-electron chi connectivity index (χ1n) is 17.7. The quantitative estimate of drug-likeness (QED) is 0.188. The van der Waals surface area contributed by atoms with Crippen molar-refractivity contribution in [2.24, 2.45) is 0 Å². The molecule has 0 saturated heterocycles. The first-order valence-corrected chi connectivity index (χ1v) is 17.7. The normalized spacial score (nSPS) is 13.4. The fraction of sp³-hybridized carbons (Fsp3) is 0.0417. The lowest BCUT2D eigenvalue weighted by Crippen LogP contribution is -2.32. The van der Waals surface area contributed by atoms with Gasteiger partial charge in [0.2, 0.25) is 0 Å². The summed E-state index contributed by atoms with van der Waals surface area (Å²) in [7, 11) is 0. The molecule has 0 atom stereocenters. The number of furan rings is 1. The number of hydrogen-bond donors (Lipinski definition) is 0. The fourth-order valence-corrected chi connectivity index (χ4v) is 8.66. The summed E-state index contributed by atoms with van der Waals surface area (Å²) in [4.78, 5) is 10.6. The van der Waals surface area contributed by atoms with Crippen LogP contribution in [0.4, 0.5) is 0 Å². The molecule has 3 heterocycles. The standard InChI is InChI=1S/C48H30N2O2/c1-29-25-26-31-32-16-11-18-35(46(32)52-44(31)27-29)47-49-40(30-13-3-2-4-14-30)28-41(50-47)34-17-12-22-39-45(34)33-15-5-6-19-36(33)48(39)37-20-7-9-23-42(37)51-43-24-10-8-21-38(43)48/h2-28H,1H3. The predicted octanol–water partition coefficient (Wildman–Crippen LogP) is 12.2. The van der Waals surface area contributed by atoms with Crippen LogP contribution in [0.5, 0.6) is 11.5 Å². The van der Waals surface area contributed by atoms with Crippen molar-refractivity contribution in [2.45, 2.75) is 12.3 Å². The van der Waals surface area contributed by atoms with Crippen LogP contribution in [-0.2, 0) is 5.41 Å². The van der Waals surface area contributed by atoms with Gasteiger partial charge in [0, 0.05) is 33.0 Å². The summed E-state index contributed by atoms with van der Waals surface area (Å²) in [6.07, 6.45) is 0. The van der Waals surface area contributed by atoms with Gasteiger partial charge in [0.1, 0.15) is 22.7 Å². The molecule has 0 N–H and O–H groups in total. The van der Waals surface area contributed by atoms with Crippen LogP contribution in [0.2, 0.25) is 0 Å². The maximum absolute atomic E-state index is 6.58. The largest absolute Gasteiger partial charge is 0.457 e. The zero-order chi connectivity index (χ0) is 34.4. The van der Waals surface area contributed by atoms with Crippen LogP contribution in [0.3, 0.4) is 0 Å². The second-order valence-electron chi connectivity index (χ2n) is 13.7. The molecular weight excluding hydrogens is 637 g/mol. The van der Waals surface area contributed by atoms with Gasteiger partial charge >= 0.3 is 0 Å². The van der Waals surface area contributed by atoms with Gasteiger partial charge in [-0.25, -0.2) is 9.97 Å². The van der Waals surface area contributed by atoms with Gasteiger partial charge in [-0.1, -0.05) is 133 Å². The molecule has 0 unspecified atom stereocenters. The molecular formula is C48H30N2O2. The molecule has 0 fully saturated rings. The fourth-order valence-electron chi connectivity index (χ4n) is 8.66. The number of nitrogens with zero attached hydrogens (tertiary/aromatic N) is 2. The van der Waals surface area contributed by atoms with E-state index in [1.54, 1.807) is 0 Å². The second-order valence-corrected chi connectivity index (χ2v) is 13.7. The zero-order valence-electron chi connectivity index (χ0n) is 28.3. The summed E-state index contributed by atoms with van der Waals surface area (Å²) in [5.74, 6) is 2.37. The molecule has 2 aromatic heterocycles. The minimum atomic E-state index is -0.566. The van der Waals surface area contributed by atoms with Gasteiger partial charge in [0.15, 0.2) is 5.82 Å².